The van der Waals surface area contributed by atoms with E-state index in [1.807, 2.05) is 18.2 Å². The van der Waals surface area contributed by atoms with Gasteiger partial charge in [0.15, 0.2) is 11.5 Å². The molecule has 0 unspecified atom stereocenters. The van der Waals surface area contributed by atoms with Gasteiger partial charge < -0.3 is 20.3 Å². The number of phenolic OH excluding ortho intramolecular Hbond substituents is 2. The number of ether oxygens (including phenoxy) is 1. The van der Waals surface area contributed by atoms with Crippen LogP contribution < -0.4 is 10.1 Å². The summed E-state index contributed by atoms with van der Waals surface area (Å²) in [7, 11) is 1.61. The van der Waals surface area contributed by atoms with E-state index in [1.54, 1.807) is 13.2 Å². The first-order valence-corrected chi connectivity index (χ1v) is 6.47. The maximum absolute atomic E-state index is 9.42. The van der Waals surface area contributed by atoms with Gasteiger partial charge in [-0.25, -0.2) is 0 Å². The third-order valence-electron chi connectivity index (χ3n) is 2.64. The lowest BCUT2D eigenvalue weighted by atomic mass is 10.2. The Morgan fingerprint density at radius 3 is 2.58 bits per heavy atom. The molecule has 3 N–H and O–H groups in total. The van der Waals surface area contributed by atoms with Crippen LogP contribution in [0.5, 0.6) is 17.2 Å². The minimum absolute atomic E-state index is 0.118. The van der Waals surface area contributed by atoms with E-state index in [0.717, 1.165) is 21.5 Å². The first kappa shape index (κ1) is 13.5. The van der Waals surface area contributed by atoms with E-state index in [-0.39, 0.29) is 11.5 Å². The normalized spacial score (nSPS) is 10.2. The summed E-state index contributed by atoms with van der Waals surface area (Å²) in [5, 5.41) is 21.9. The van der Waals surface area contributed by atoms with Crippen molar-refractivity contribution in [2.45, 2.75) is 6.54 Å². The molecular weight excluding hydrogens is 310 g/mol. The van der Waals surface area contributed by atoms with Crippen molar-refractivity contribution in [3.63, 3.8) is 0 Å². The van der Waals surface area contributed by atoms with Gasteiger partial charge in [-0.3, -0.25) is 0 Å². The number of hydrogen-bond acceptors (Lipinski definition) is 4. The lowest BCUT2D eigenvalue weighted by Gasteiger charge is -2.10. The predicted molar refractivity (Wildman–Crippen MR) is 77.8 cm³/mol. The monoisotopic (exact) mass is 323 g/mol. The number of methoxy groups -OCH3 is 1. The Labute approximate surface area is 119 Å². The molecule has 100 valence electrons. The van der Waals surface area contributed by atoms with Crippen LogP contribution >= 0.6 is 15.9 Å². The summed E-state index contributed by atoms with van der Waals surface area (Å²) in [5.41, 5.74) is 1.77. The highest BCUT2D eigenvalue weighted by Crippen LogP contribution is 2.27. The van der Waals surface area contributed by atoms with Crippen molar-refractivity contribution < 1.29 is 14.9 Å². The molecule has 0 aliphatic heterocycles. The molecule has 2 rings (SSSR count). The molecule has 0 radical (unpaired) electrons. The number of halogens is 1. The maximum atomic E-state index is 9.42. The molecule has 2 aromatic carbocycles. The van der Waals surface area contributed by atoms with Crippen LogP contribution in [0.25, 0.3) is 0 Å². The van der Waals surface area contributed by atoms with E-state index in [0.29, 0.717) is 6.54 Å². The molecule has 0 amide bonds. The van der Waals surface area contributed by atoms with Gasteiger partial charge in [0.05, 0.1) is 7.11 Å². The van der Waals surface area contributed by atoms with Gasteiger partial charge in [0.2, 0.25) is 0 Å². The summed E-state index contributed by atoms with van der Waals surface area (Å²) in [4.78, 5) is 0. The highest BCUT2D eigenvalue weighted by Gasteiger charge is 2.02. The van der Waals surface area contributed by atoms with E-state index in [1.165, 1.54) is 12.1 Å². The fourth-order valence-electron chi connectivity index (χ4n) is 1.67. The van der Waals surface area contributed by atoms with Crippen molar-refractivity contribution in [1.82, 2.24) is 0 Å². The zero-order valence-corrected chi connectivity index (χ0v) is 11.9. The van der Waals surface area contributed by atoms with Crippen LogP contribution in [0, 0.1) is 0 Å². The van der Waals surface area contributed by atoms with Crippen molar-refractivity contribution >= 4 is 21.6 Å². The fraction of sp³-hybridized carbons (Fsp3) is 0.143. The van der Waals surface area contributed by atoms with Crippen molar-refractivity contribution in [2.75, 3.05) is 12.4 Å². The van der Waals surface area contributed by atoms with Crippen molar-refractivity contribution in [3.8, 4) is 17.2 Å². The quantitative estimate of drug-likeness (QED) is 0.754. The standard InChI is InChI=1S/C14H14BrNO3/c1-19-12-6-10(15)5-11(7-12)16-8-9-2-3-13(17)14(18)4-9/h2-7,16-18H,8H2,1H3. The fourth-order valence-corrected chi connectivity index (χ4v) is 2.14. The second-order valence-corrected chi connectivity index (χ2v) is 4.97. The molecule has 0 saturated heterocycles. The molecule has 0 spiro atoms. The Kier molecular flexibility index (Phi) is 4.16. The molecule has 0 fully saturated rings. The van der Waals surface area contributed by atoms with Crippen LogP contribution in [0.1, 0.15) is 5.56 Å². The van der Waals surface area contributed by atoms with Crippen LogP contribution in [-0.4, -0.2) is 17.3 Å². The van der Waals surface area contributed by atoms with Gasteiger partial charge >= 0.3 is 0 Å². The number of nitrogens with one attached hydrogen (secondary N) is 1. The Morgan fingerprint density at radius 2 is 1.89 bits per heavy atom. The molecule has 4 nitrogen and oxygen atoms in total. The molecule has 0 aliphatic carbocycles. The molecule has 0 saturated carbocycles. The molecule has 0 atom stereocenters. The Balaban J connectivity index is 2.09. The minimum atomic E-state index is -0.119. The molecule has 0 heterocycles. The Hall–Kier alpha value is -1.88. The highest BCUT2D eigenvalue weighted by atomic mass is 79.9. The molecule has 2 aromatic rings. The number of phenols is 2. The summed E-state index contributed by atoms with van der Waals surface area (Å²) < 4.78 is 6.10. The number of benzene rings is 2. The second-order valence-electron chi connectivity index (χ2n) is 4.06. The smallest absolute Gasteiger partial charge is 0.157 e. The Morgan fingerprint density at radius 1 is 1.11 bits per heavy atom. The van der Waals surface area contributed by atoms with Crippen LogP contribution in [0.3, 0.4) is 0 Å². The van der Waals surface area contributed by atoms with E-state index in [2.05, 4.69) is 21.2 Å². The SMILES string of the molecule is COc1cc(Br)cc(NCc2ccc(O)c(O)c2)c1. The third-order valence-corrected chi connectivity index (χ3v) is 3.10. The summed E-state index contributed by atoms with van der Waals surface area (Å²) in [6, 6.07) is 10.4. The minimum Gasteiger partial charge on any atom is -0.504 e. The summed E-state index contributed by atoms with van der Waals surface area (Å²) in [5.74, 6) is 0.518. The first-order valence-electron chi connectivity index (χ1n) is 5.68. The molecule has 5 heteroatoms. The van der Waals surface area contributed by atoms with Gasteiger partial charge in [0.25, 0.3) is 0 Å². The summed E-state index contributed by atoms with van der Waals surface area (Å²) >= 11 is 3.41. The molecule has 19 heavy (non-hydrogen) atoms. The van der Waals surface area contributed by atoms with Crippen molar-refractivity contribution in [2.24, 2.45) is 0 Å². The number of aromatic hydroxyl groups is 2. The van der Waals surface area contributed by atoms with E-state index in [4.69, 9.17) is 4.74 Å². The molecular formula is C14H14BrNO3. The van der Waals surface area contributed by atoms with Crippen LogP contribution in [0.4, 0.5) is 5.69 Å². The Bertz CT molecular complexity index is 587. The van der Waals surface area contributed by atoms with Crippen molar-refractivity contribution in [1.29, 1.82) is 0 Å². The van der Waals surface area contributed by atoms with Gasteiger partial charge in [-0.1, -0.05) is 22.0 Å². The average molecular weight is 324 g/mol. The third kappa shape index (κ3) is 3.54. The molecule has 0 aliphatic rings. The molecule has 0 aromatic heterocycles. The first-order chi connectivity index (χ1) is 9.08. The van der Waals surface area contributed by atoms with E-state index in [9.17, 15) is 10.2 Å². The van der Waals surface area contributed by atoms with Crippen LogP contribution in [0.15, 0.2) is 40.9 Å². The summed E-state index contributed by atoms with van der Waals surface area (Å²) in [6.45, 7) is 0.535. The zero-order chi connectivity index (χ0) is 13.8. The van der Waals surface area contributed by atoms with E-state index < -0.39 is 0 Å². The maximum Gasteiger partial charge on any atom is 0.157 e. The summed E-state index contributed by atoms with van der Waals surface area (Å²) in [6.07, 6.45) is 0. The number of rotatable bonds is 4. The van der Waals surface area contributed by atoms with Crippen molar-refractivity contribution in [3.05, 3.63) is 46.4 Å². The van der Waals surface area contributed by atoms with Gasteiger partial charge in [-0.2, -0.15) is 0 Å². The average Bonchev–Trinajstić information content (AvgIpc) is 2.39. The lowest BCUT2D eigenvalue weighted by Crippen LogP contribution is -1.99. The lowest BCUT2D eigenvalue weighted by molar-refractivity contribution is 0.403. The zero-order valence-electron chi connectivity index (χ0n) is 10.4. The van der Waals surface area contributed by atoms with Gasteiger partial charge in [0, 0.05) is 22.8 Å². The topological polar surface area (TPSA) is 61.7 Å². The van der Waals surface area contributed by atoms with E-state index >= 15 is 0 Å². The number of hydrogen-bond donors (Lipinski definition) is 3. The van der Waals surface area contributed by atoms with Crippen LogP contribution in [-0.2, 0) is 6.54 Å². The largest absolute Gasteiger partial charge is 0.504 e. The number of anilines is 1. The van der Waals surface area contributed by atoms with Crippen LogP contribution in [0.2, 0.25) is 0 Å². The van der Waals surface area contributed by atoms with Gasteiger partial charge in [0.1, 0.15) is 5.75 Å². The van der Waals surface area contributed by atoms with Gasteiger partial charge in [-0.05, 0) is 29.8 Å². The van der Waals surface area contributed by atoms with Gasteiger partial charge in [-0.15, -0.1) is 0 Å². The molecule has 0 bridgehead atoms. The second kappa shape index (κ2) is 5.84. The highest BCUT2D eigenvalue weighted by molar-refractivity contribution is 9.10. The predicted octanol–water partition coefficient (Wildman–Crippen LogP) is 3.48.